The molecular weight excluding hydrogens is 228 g/mol. The predicted molar refractivity (Wildman–Crippen MR) is 73.6 cm³/mol. The summed E-state index contributed by atoms with van der Waals surface area (Å²) in [6, 6.07) is 0.790. The maximum atomic E-state index is 12.1. The average Bonchev–Trinajstić information content (AvgIpc) is 2.33. The van der Waals surface area contributed by atoms with Crippen molar-refractivity contribution in [1.29, 1.82) is 0 Å². The molecule has 1 fully saturated rings. The fourth-order valence-electron chi connectivity index (χ4n) is 2.64. The van der Waals surface area contributed by atoms with Gasteiger partial charge in [0, 0.05) is 25.3 Å². The molecule has 1 aliphatic heterocycles. The molecule has 1 aliphatic rings. The topological polar surface area (TPSA) is 41.6 Å². The van der Waals surface area contributed by atoms with Crippen LogP contribution in [0.25, 0.3) is 0 Å². The number of hydrogen-bond acceptors (Lipinski definition) is 3. The van der Waals surface area contributed by atoms with E-state index in [-0.39, 0.29) is 5.91 Å². The van der Waals surface area contributed by atoms with Gasteiger partial charge in [-0.05, 0) is 53.0 Å². The van der Waals surface area contributed by atoms with Crippen molar-refractivity contribution in [2.75, 3.05) is 26.3 Å². The Bertz CT molecular complexity index is 236. The van der Waals surface area contributed by atoms with E-state index in [0.717, 1.165) is 39.0 Å². The van der Waals surface area contributed by atoms with Crippen molar-refractivity contribution >= 4 is 5.91 Å². The van der Waals surface area contributed by atoms with Gasteiger partial charge in [-0.1, -0.05) is 0 Å². The molecule has 0 saturated carbocycles. The SMILES string of the molecule is CCOCCCNCC(=O)N1C(C)CCCC1C. The maximum Gasteiger partial charge on any atom is 0.237 e. The lowest BCUT2D eigenvalue weighted by Crippen LogP contribution is -2.50. The maximum absolute atomic E-state index is 12.1. The number of carbonyl (C=O) groups is 1. The quantitative estimate of drug-likeness (QED) is 0.706. The van der Waals surface area contributed by atoms with Crippen LogP contribution in [0.15, 0.2) is 0 Å². The van der Waals surface area contributed by atoms with Crippen LogP contribution in [0.2, 0.25) is 0 Å². The summed E-state index contributed by atoms with van der Waals surface area (Å²) >= 11 is 0. The average molecular weight is 256 g/mol. The summed E-state index contributed by atoms with van der Waals surface area (Å²) in [7, 11) is 0. The number of ether oxygens (including phenoxy) is 1. The molecule has 0 aromatic rings. The molecule has 106 valence electrons. The first-order valence-corrected chi connectivity index (χ1v) is 7.26. The highest BCUT2D eigenvalue weighted by atomic mass is 16.5. The summed E-state index contributed by atoms with van der Waals surface area (Å²) < 4.78 is 5.26. The molecule has 1 heterocycles. The van der Waals surface area contributed by atoms with E-state index in [0.29, 0.717) is 18.6 Å². The van der Waals surface area contributed by atoms with E-state index >= 15 is 0 Å². The third kappa shape index (κ3) is 4.94. The number of nitrogens with one attached hydrogen (secondary N) is 1. The molecule has 0 bridgehead atoms. The minimum absolute atomic E-state index is 0.242. The fraction of sp³-hybridized carbons (Fsp3) is 0.929. The fourth-order valence-corrected chi connectivity index (χ4v) is 2.64. The van der Waals surface area contributed by atoms with Crippen LogP contribution >= 0.6 is 0 Å². The zero-order chi connectivity index (χ0) is 13.4. The summed E-state index contributed by atoms with van der Waals surface area (Å²) in [5, 5.41) is 3.21. The molecule has 18 heavy (non-hydrogen) atoms. The summed E-state index contributed by atoms with van der Waals surface area (Å²) in [6.45, 7) is 9.15. The first-order chi connectivity index (χ1) is 8.66. The lowest BCUT2D eigenvalue weighted by Gasteiger charge is -2.39. The number of likely N-dealkylation sites (tertiary alicyclic amines) is 1. The highest BCUT2D eigenvalue weighted by Gasteiger charge is 2.28. The molecule has 0 radical (unpaired) electrons. The van der Waals surface area contributed by atoms with Crippen LogP contribution in [-0.2, 0) is 9.53 Å². The van der Waals surface area contributed by atoms with E-state index in [1.54, 1.807) is 0 Å². The minimum Gasteiger partial charge on any atom is -0.382 e. The highest BCUT2D eigenvalue weighted by molar-refractivity contribution is 5.79. The predicted octanol–water partition coefficient (Wildman–Crippen LogP) is 1.79. The van der Waals surface area contributed by atoms with Crippen molar-refractivity contribution in [1.82, 2.24) is 10.2 Å². The van der Waals surface area contributed by atoms with Gasteiger partial charge in [0.2, 0.25) is 5.91 Å². The van der Waals surface area contributed by atoms with Gasteiger partial charge in [0.15, 0.2) is 0 Å². The number of amides is 1. The smallest absolute Gasteiger partial charge is 0.237 e. The van der Waals surface area contributed by atoms with Gasteiger partial charge >= 0.3 is 0 Å². The molecule has 0 aromatic heterocycles. The largest absolute Gasteiger partial charge is 0.382 e. The Labute approximate surface area is 111 Å². The Hall–Kier alpha value is -0.610. The molecule has 0 aliphatic carbocycles. The third-order valence-corrected chi connectivity index (χ3v) is 3.60. The van der Waals surface area contributed by atoms with Gasteiger partial charge in [0.05, 0.1) is 6.54 Å². The minimum atomic E-state index is 0.242. The molecule has 1 amide bonds. The summed E-state index contributed by atoms with van der Waals surface area (Å²) in [4.78, 5) is 14.2. The molecule has 2 atom stereocenters. The zero-order valence-electron chi connectivity index (χ0n) is 12.1. The Kier molecular flexibility index (Phi) is 7.28. The van der Waals surface area contributed by atoms with E-state index in [4.69, 9.17) is 4.74 Å². The Morgan fingerprint density at radius 1 is 1.33 bits per heavy atom. The monoisotopic (exact) mass is 256 g/mol. The molecule has 1 saturated heterocycles. The van der Waals surface area contributed by atoms with Crippen LogP contribution in [0.5, 0.6) is 0 Å². The molecule has 0 spiro atoms. The molecule has 2 unspecified atom stereocenters. The van der Waals surface area contributed by atoms with E-state index in [1.165, 1.54) is 6.42 Å². The first-order valence-electron chi connectivity index (χ1n) is 7.26. The third-order valence-electron chi connectivity index (χ3n) is 3.60. The standard InChI is InChI=1S/C14H28N2O2/c1-4-18-10-6-9-15-11-14(17)16-12(2)7-5-8-13(16)3/h12-13,15H,4-11H2,1-3H3. The van der Waals surface area contributed by atoms with E-state index in [9.17, 15) is 4.79 Å². The van der Waals surface area contributed by atoms with Gasteiger partial charge in [0.1, 0.15) is 0 Å². The van der Waals surface area contributed by atoms with Crippen LogP contribution in [0.4, 0.5) is 0 Å². The lowest BCUT2D eigenvalue weighted by atomic mass is 9.97. The number of carbonyl (C=O) groups excluding carboxylic acids is 1. The van der Waals surface area contributed by atoms with Gasteiger partial charge < -0.3 is 15.0 Å². The normalized spacial score (nSPS) is 24.3. The van der Waals surface area contributed by atoms with Gasteiger partial charge in [0.25, 0.3) is 0 Å². The molecule has 4 nitrogen and oxygen atoms in total. The van der Waals surface area contributed by atoms with Crippen LogP contribution < -0.4 is 5.32 Å². The van der Waals surface area contributed by atoms with E-state index < -0.39 is 0 Å². The van der Waals surface area contributed by atoms with Crippen LogP contribution in [0, 0.1) is 0 Å². The van der Waals surface area contributed by atoms with Crippen LogP contribution in [0.3, 0.4) is 0 Å². The number of piperidine rings is 1. The second-order valence-electron chi connectivity index (χ2n) is 5.16. The van der Waals surface area contributed by atoms with Crippen LogP contribution in [0.1, 0.15) is 46.5 Å². The van der Waals surface area contributed by atoms with E-state index in [1.807, 2.05) is 6.92 Å². The first kappa shape index (κ1) is 15.4. The lowest BCUT2D eigenvalue weighted by molar-refractivity contribution is -0.136. The summed E-state index contributed by atoms with van der Waals surface area (Å²) in [5.74, 6) is 0.242. The Morgan fingerprint density at radius 2 is 2.00 bits per heavy atom. The second-order valence-corrected chi connectivity index (χ2v) is 5.16. The molecular formula is C14H28N2O2. The molecule has 0 aromatic carbocycles. The van der Waals surface area contributed by atoms with Crippen molar-refractivity contribution in [3.63, 3.8) is 0 Å². The number of nitrogens with zero attached hydrogens (tertiary/aromatic N) is 1. The van der Waals surface area contributed by atoms with Crippen LogP contribution in [-0.4, -0.2) is 49.2 Å². The van der Waals surface area contributed by atoms with Crippen molar-refractivity contribution in [3.8, 4) is 0 Å². The number of rotatable bonds is 7. The van der Waals surface area contributed by atoms with Gasteiger partial charge in [-0.2, -0.15) is 0 Å². The summed E-state index contributed by atoms with van der Waals surface area (Å²) in [6.07, 6.45) is 4.49. The summed E-state index contributed by atoms with van der Waals surface area (Å²) in [5.41, 5.74) is 0. The number of hydrogen-bond donors (Lipinski definition) is 1. The van der Waals surface area contributed by atoms with Gasteiger partial charge in [-0.25, -0.2) is 0 Å². The zero-order valence-corrected chi connectivity index (χ0v) is 12.1. The Balaban J connectivity index is 2.18. The molecule has 4 heteroatoms. The van der Waals surface area contributed by atoms with Crippen molar-refractivity contribution in [2.45, 2.75) is 58.5 Å². The van der Waals surface area contributed by atoms with Crippen molar-refractivity contribution in [2.24, 2.45) is 0 Å². The molecule has 1 N–H and O–H groups in total. The van der Waals surface area contributed by atoms with Crippen molar-refractivity contribution < 1.29 is 9.53 Å². The van der Waals surface area contributed by atoms with Crippen molar-refractivity contribution in [3.05, 3.63) is 0 Å². The van der Waals surface area contributed by atoms with E-state index in [2.05, 4.69) is 24.1 Å². The molecule has 1 rings (SSSR count). The van der Waals surface area contributed by atoms with Gasteiger partial charge in [-0.3, -0.25) is 4.79 Å². The Morgan fingerprint density at radius 3 is 2.61 bits per heavy atom. The van der Waals surface area contributed by atoms with Gasteiger partial charge in [-0.15, -0.1) is 0 Å². The highest BCUT2D eigenvalue weighted by Crippen LogP contribution is 2.22. The second kappa shape index (κ2) is 8.48.